The lowest BCUT2D eigenvalue weighted by Gasteiger charge is -2.19. The molecule has 242 valence electrons. The first-order valence-corrected chi connectivity index (χ1v) is 15.9. The maximum atomic E-state index is 13.4. The number of benzene rings is 1. The van der Waals surface area contributed by atoms with Crippen LogP contribution in [-0.2, 0) is 33.5 Å². The molecule has 0 radical (unpaired) electrons. The van der Waals surface area contributed by atoms with E-state index in [-0.39, 0.29) is 49.6 Å². The first kappa shape index (κ1) is 35.9. The second kappa shape index (κ2) is 15.5. The molecule has 0 spiro atoms. The average molecular weight is 665 g/mol. The van der Waals surface area contributed by atoms with Gasteiger partial charge in [-0.2, -0.15) is 47.5 Å². The minimum atomic E-state index is -4.99. The number of rotatable bonds is 16. The van der Waals surface area contributed by atoms with E-state index in [4.69, 9.17) is 9.47 Å². The van der Waals surface area contributed by atoms with Crippen LogP contribution in [0.5, 0.6) is 5.75 Å². The van der Waals surface area contributed by atoms with Gasteiger partial charge in [-0.05, 0) is 61.3 Å². The summed E-state index contributed by atoms with van der Waals surface area (Å²) in [6.45, 7) is 3.20. The summed E-state index contributed by atoms with van der Waals surface area (Å²) in [5.74, 6) is -0.494. The van der Waals surface area contributed by atoms with Crippen LogP contribution in [-0.4, -0.2) is 59.6 Å². The van der Waals surface area contributed by atoms with Crippen molar-refractivity contribution in [1.82, 2.24) is 5.48 Å². The Morgan fingerprint density at radius 2 is 1.47 bits per heavy atom. The third-order valence-electron chi connectivity index (χ3n) is 5.22. The zero-order chi connectivity index (χ0) is 32.3. The number of nitrogens with zero attached hydrogens (tertiary/aromatic N) is 1. The molecule has 0 bridgehead atoms. The van der Waals surface area contributed by atoms with E-state index in [9.17, 15) is 43.2 Å². The molecular formula is C25H30F6N2O8S2. The number of allylic oxidation sites excluding steroid dienone is 5. The molecule has 0 unspecified atom stereocenters. The Morgan fingerprint density at radius 3 is 2.00 bits per heavy atom. The van der Waals surface area contributed by atoms with Crippen molar-refractivity contribution >= 4 is 25.9 Å². The van der Waals surface area contributed by atoms with Gasteiger partial charge in [0.05, 0.1) is 24.7 Å². The van der Waals surface area contributed by atoms with Crippen molar-refractivity contribution in [3.63, 3.8) is 0 Å². The second-order valence-corrected chi connectivity index (χ2v) is 12.2. The van der Waals surface area contributed by atoms with Crippen molar-refractivity contribution in [1.29, 1.82) is 0 Å². The minimum Gasteiger partial charge on any atom is -0.494 e. The summed E-state index contributed by atoms with van der Waals surface area (Å²) in [5.41, 5.74) is -2.10. The van der Waals surface area contributed by atoms with Crippen molar-refractivity contribution in [3.05, 3.63) is 65.1 Å². The summed E-state index contributed by atoms with van der Waals surface area (Å²) in [7, 11) is -8.45. The fourth-order valence-corrected chi connectivity index (χ4v) is 4.88. The van der Waals surface area contributed by atoms with Gasteiger partial charge in [0.2, 0.25) is 0 Å². The Balaban J connectivity index is 1.89. The van der Waals surface area contributed by atoms with Crippen molar-refractivity contribution in [2.75, 3.05) is 24.7 Å². The van der Waals surface area contributed by atoms with E-state index in [0.717, 1.165) is 18.2 Å². The Kier molecular flexibility index (Phi) is 12.9. The molecule has 1 aromatic carbocycles. The van der Waals surface area contributed by atoms with Crippen LogP contribution in [0.3, 0.4) is 0 Å². The predicted molar refractivity (Wildman–Crippen MR) is 143 cm³/mol. The molecule has 1 aliphatic carbocycles. The Labute approximate surface area is 245 Å². The van der Waals surface area contributed by atoms with Gasteiger partial charge in [0.15, 0.2) is 5.71 Å². The number of alkyl halides is 6. The SMILES string of the molecule is CCCS(=O)(=O)ON=C(c1ccc(OCCCOC2=CC/C(=C(\NOS(=O)(=O)CCC)C(F)(F)F)C=C2)cc1)C(F)(F)F. The quantitative estimate of drug-likeness (QED) is 0.107. The van der Waals surface area contributed by atoms with E-state index in [0.29, 0.717) is 6.42 Å². The van der Waals surface area contributed by atoms with E-state index in [2.05, 4.69) is 13.7 Å². The highest BCUT2D eigenvalue weighted by molar-refractivity contribution is 7.86. The van der Waals surface area contributed by atoms with Gasteiger partial charge in [0, 0.05) is 12.0 Å². The van der Waals surface area contributed by atoms with Crippen LogP contribution in [0.25, 0.3) is 0 Å². The predicted octanol–water partition coefficient (Wildman–Crippen LogP) is 5.42. The number of hydrogen-bond donors (Lipinski definition) is 1. The van der Waals surface area contributed by atoms with Crippen molar-refractivity contribution in [2.24, 2.45) is 5.16 Å². The summed E-state index contributed by atoms with van der Waals surface area (Å²) in [6.07, 6.45) is -5.80. The number of hydrogen-bond acceptors (Lipinski definition) is 10. The molecule has 0 saturated heterocycles. The van der Waals surface area contributed by atoms with Crippen LogP contribution in [0.4, 0.5) is 26.3 Å². The molecule has 1 N–H and O–H groups in total. The Hall–Kier alpha value is -3.25. The van der Waals surface area contributed by atoms with Gasteiger partial charge >= 0.3 is 22.5 Å². The molecule has 0 heterocycles. The van der Waals surface area contributed by atoms with E-state index >= 15 is 0 Å². The van der Waals surface area contributed by atoms with Crippen molar-refractivity contribution < 1.29 is 61.2 Å². The van der Waals surface area contributed by atoms with Gasteiger partial charge in [0.1, 0.15) is 17.2 Å². The maximum absolute atomic E-state index is 13.4. The van der Waals surface area contributed by atoms with Crippen LogP contribution in [0.1, 0.15) is 45.1 Å². The summed E-state index contributed by atoms with van der Waals surface area (Å²) >= 11 is 0. The molecule has 0 aromatic heterocycles. The highest BCUT2D eigenvalue weighted by Gasteiger charge is 2.39. The first-order valence-electron chi connectivity index (χ1n) is 12.8. The number of hydroxylamine groups is 1. The van der Waals surface area contributed by atoms with Gasteiger partial charge in [-0.3, -0.25) is 4.28 Å². The van der Waals surface area contributed by atoms with Crippen LogP contribution in [0.2, 0.25) is 0 Å². The Morgan fingerprint density at radius 1 is 0.860 bits per heavy atom. The zero-order valence-corrected chi connectivity index (χ0v) is 24.6. The third kappa shape index (κ3) is 12.5. The molecule has 18 heteroatoms. The maximum Gasteiger partial charge on any atom is 0.437 e. The largest absolute Gasteiger partial charge is 0.494 e. The normalized spacial score (nSPS) is 16.0. The summed E-state index contributed by atoms with van der Waals surface area (Å²) in [6, 6.07) is 4.51. The summed E-state index contributed by atoms with van der Waals surface area (Å²) in [4.78, 5) is 0. The molecule has 0 aliphatic heterocycles. The highest BCUT2D eigenvalue weighted by Crippen LogP contribution is 2.31. The van der Waals surface area contributed by atoms with Crippen LogP contribution < -0.4 is 10.2 Å². The van der Waals surface area contributed by atoms with E-state index < -0.39 is 61.1 Å². The molecule has 0 amide bonds. The molecule has 10 nitrogen and oxygen atoms in total. The second-order valence-electron chi connectivity index (χ2n) is 8.84. The third-order valence-corrected chi connectivity index (χ3v) is 7.68. The highest BCUT2D eigenvalue weighted by atomic mass is 32.2. The summed E-state index contributed by atoms with van der Waals surface area (Å²) in [5, 5.41) is 2.81. The molecular weight excluding hydrogens is 634 g/mol. The minimum absolute atomic E-state index is 0.0752. The lowest BCUT2D eigenvalue weighted by Crippen LogP contribution is -2.31. The monoisotopic (exact) mass is 664 g/mol. The van der Waals surface area contributed by atoms with E-state index in [1.807, 2.05) is 0 Å². The van der Waals surface area contributed by atoms with Crippen LogP contribution >= 0.6 is 0 Å². The van der Waals surface area contributed by atoms with Crippen molar-refractivity contribution in [3.8, 4) is 5.75 Å². The smallest absolute Gasteiger partial charge is 0.437 e. The lowest BCUT2D eigenvalue weighted by atomic mass is 10.0. The van der Waals surface area contributed by atoms with E-state index in [1.54, 1.807) is 0 Å². The summed E-state index contributed by atoms with van der Waals surface area (Å²) < 4.78 is 146. The van der Waals surface area contributed by atoms with Gasteiger partial charge in [-0.25, -0.2) is 5.48 Å². The van der Waals surface area contributed by atoms with Crippen LogP contribution in [0.15, 0.2) is 64.7 Å². The fourth-order valence-electron chi connectivity index (χ4n) is 3.32. The van der Waals surface area contributed by atoms with Crippen molar-refractivity contribution in [2.45, 2.75) is 51.9 Å². The average Bonchev–Trinajstić information content (AvgIpc) is 2.88. The molecule has 0 fully saturated rings. The molecule has 1 aliphatic rings. The molecule has 1 aromatic rings. The number of ether oxygens (including phenoxy) is 2. The molecule has 2 rings (SSSR count). The lowest BCUT2D eigenvalue weighted by molar-refractivity contribution is -0.106. The zero-order valence-electron chi connectivity index (χ0n) is 23.0. The standard InChI is InChI=1S/C25H30F6N2O8S2/c1-3-16-42(34,35)40-32-22(24(26,27)28)18-6-10-20(11-7-18)38-14-5-15-39-21-12-8-19(9-13-21)23(25(29,30)31)33-41-43(36,37)17-4-2/h6-8,10-13,33H,3-5,9,14-17H2,1-2H3/b23-19-,32-22?. The van der Waals surface area contributed by atoms with E-state index in [1.165, 1.54) is 43.6 Å². The van der Waals surface area contributed by atoms with Crippen LogP contribution in [0, 0.1) is 0 Å². The van der Waals surface area contributed by atoms with Gasteiger partial charge in [-0.15, -0.1) is 0 Å². The fraction of sp³-hybridized carbons (Fsp3) is 0.480. The van der Waals surface area contributed by atoms with Gasteiger partial charge < -0.3 is 9.47 Å². The first-order chi connectivity index (χ1) is 20.0. The molecule has 43 heavy (non-hydrogen) atoms. The van der Waals surface area contributed by atoms with Gasteiger partial charge in [-0.1, -0.05) is 25.1 Å². The topological polar surface area (TPSA) is 130 Å². The molecule has 0 saturated carbocycles. The number of oxime groups is 1. The Bertz CT molecular complexity index is 1420. The molecule has 0 atom stereocenters. The number of nitrogens with one attached hydrogen (secondary N) is 1. The van der Waals surface area contributed by atoms with Gasteiger partial charge in [0.25, 0.3) is 10.1 Å². The number of halogens is 6.